The number of nitrogens with one attached hydrogen (secondary N) is 2. The summed E-state index contributed by atoms with van der Waals surface area (Å²) in [6.07, 6.45) is 1.56. The zero-order valence-corrected chi connectivity index (χ0v) is 14.7. The first-order valence-electron chi connectivity index (χ1n) is 8.09. The lowest BCUT2D eigenvalue weighted by Crippen LogP contribution is -2.12. The molecule has 0 fully saturated rings. The van der Waals surface area contributed by atoms with Gasteiger partial charge in [0, 0.05) is 23.1 Å². The molecule has 2 aromatic heterocycles. The number of pyridine rings is 1. The Balaban J connectivity index is 1.62. The Morgan fingerprint density at radius 2 is 1.96 bits per heavy atom. The molecule has 5 nitrogen and oxygen atoms in total. The van der Waals surface area contributed by atoms with Gasteiger partial charge < -0.3 is 10.3 Å². The van der Waals surface area contributed by atoms with Gasteiger partial charge in [-0.3, -0.25) is 9.78 Å². The summed E-state index contributed by atoms with van der Waals surface area (Å²) in [6.45, 7) is 1.88. The van der Waals surface area contributed by atoms with Crippen molar-refractivity contribution >= 4 is 34.2 Å². The Bertz CT molecular complexity index is 1100. The number of anilines is 1. The van der Waals surface area contributed by atoms with Gasteiger partial charge in [0.05, 0.1) is 21.6 Å². The summed E-state index contributed by atoms with van der Waals surface area (Å²) in [5.74, 6) is 0.486. The van der Waals surface area contributed by atoms with Gasteiger partial charge in [-0.25, -0.2) is 4.98 Å². The largest absolute Gasteiger partial charge is 0.338 e. The fraction of sp³-hybridized carbons (Fsp3) is 0.0500. The summed E-state index contributed by atoms with van der Waals surface area (Å²) in [7, 11) is 0. The molecule has 4 rings (SSSR count). The Hall–Kier alpha value is -3.18. The van der Waals surface area contributed by atoms with Crippen LogP contribution in [0.3, 0.4) is 0 Å². The number of aromatic nitrogens is 3. The van der Waals surface area contributed by atoms with E-state index in [0.29, 0.717) is 22.1 Å². The van der Waals surface area contributed by atoms with Gasteiger partial charge in [-0.2, -0.15) is 0 Å². The molecule has 0 aliphatic carbocycles. The van der Waals surface area contributed by atoms with Crippen molar-refractivity contribution < 1.29 is 4.79 Å². The minimum atomic E-state index is -0.206. The van der Waals surface area contributed by atoms with Crippen LogP contribution >= 0.6 is 11.6 Å². The summed E-state index contributed by atoms with van der Waals surface area (Å²) in [6, 6.07) is 16.6. The van der Waals surface area contributed by atoms with Gasteiger partial charge in [0.2, 0.25) is 0 Å². The van der Waals surface area contributed by atoms with Crippen LogP contribution in [0, 0.1) is 6.92 Å². The van der Waals surface area contributed by atoms with Crippen LogP contribution in [0.1, 0.15) is 16.1 Å². The van der Waals surface area contributed by atoms with E-state index in [1.54, 1.807) is 12.3 Å². The van der Waals surface area contributed by atoms with Crippen LogP contribution in [0.4, 0.5) is 5.69 Å². The van der Waals surface area contributed by atoms with E-state index in [1.807, 2.05) is 55.5 Å². The van der Waals surface area contributed by atoms with Crippen LogP contribution in [0.5, 0.6) is 0 Å². The van der Waals surface area contributed by atoms with Crippen LogP contribution in [-0.4, -0.2) is 20.9 Å². The molecule has 2 heterocycles. The zero-order chi connectivity index (χ0) is 18.1. The van der Waals surface area contributed by atoms with E-state index in [9.17, 15) is 4.79 Å². The first-order chi connectivity index (χ1) is 12.6. The maximum absolute atomic E-state index is 12.3. The van der Waals surface area contributed by atoms with Gasteiger partial charge in [0.1, 0.15) is 5.82 Å². The number of halogens is 1. The van der Waals surface area contributed by atoms with Crippen molar-refractivity contribution in [2.75, 3.05) is 5.32 Å². The second-order valence-corrected chi connectivity index (χ2v) is 6.35. The minimum absolute atomic E-state index is 0.206. The lowest BCUT2D eigenvalue weighted by Gasteiger charge is -2.05. The normalized spacial score (nSPS) is 10.8. The summed E-state index contributed by atoms with van der Waals surface area (Å²) < 4.78 is 0. The molecule has 0 radical (unpaired) electrons. The van der Waals surface area contributed by atoms with Crippen LogP contribution in [0.15, 0.2) is 60.8 Å². The van der Waals surface area contributed by atoms with Crippen molar-refractivity contribution in [1.29, 1.82) is 0 Å². The monoisotopic (exact) mass is 362 g/mol. The van der Waals surface area contributed by atoms with Crippen molar-refractivity contribution in [3.8, 4) is 11.4 Å². The number of nitrogens with zero attached hydrogens (tertiary/aromatic N) is 2. The highest BCUT2D eigenvalue weighted by Crippen LogP contribution is 2.28. The summed E-state index contributed by atoms with van der Waals surface area (Å²) in [5, 5.41) is 3.51. The third kappa shape index (κ3) is 3.17. The maximum Gasteiger partial charge on any atom is 0.257 e. The number of hydrogen-bond donors (Lipinski definition) is 2. The summed E-state index contributed by atoms with van der Waals surface area (Å²) in [4.78, 5) is 24.3. The average molecular weight is 363 g/mol. The molecule has 26 heavy (non-hydrogen) atoms. The predicted octanol–water partition coefficient (Wildman–Crippen LogP) is 4.84. The Morgan fingerprint density at radius 1 is 1.12 bits per heavy atom. The summed E-state index contributed by atoms with van der Waals surface area (Å²) in [5.41, 5.74) is 4.51. The van der Waals surface area contributed by atoms with E-state index in [0.717, 1.165) is 22.3 Å². The number of carbonyl (C=O) groups excluding carboxylic acids is 1. The lowest BCUT2D eigenvalue weighted by atomic mass is 10.2. The number of benzene rings is 2. The highest BCUT2D eigenvalue weighted by Gasteiger charge is 2.11. The van der Waals surface area contributed by atoms with Gasteiger partial charge in [0.25, 0.3) is 5.91 Å². The van der Waals surface area contributed by atoms with Crippen molar-refractivity contribution in [2.45, 2.75) is 6.92 Å². The van der Waals surface area contributed by atoms with E-state index < -0.39 is 0 Å². The van der Waals surface area contributed by atoms with E-state index >= 15 is 0 Å². The Labute approximate surface area is 155 Å². The summed E-state index contributed by atoms with van der Waals surface area (Å²) >= 11 is 6.24. The van der Waals surface area contributed by atoms with Crippen molar-refractivity contribution in [3.05, 3.63) is 77.1 Å². The smallest absolute Gasteiger partial charge is 0.257 e. The number of aryl methyl sites for hydroxylation is 1. The fourth-order valence-corrected chi connectivity index (χ4v) is 2.90. The van der Waals surface area contributed by atoms with Gasteiger partial charge in [-0.15, -0.1) is 0 Å². The molecule has 0 aliphatic heterocycles. The molecule has 1 amide bonds. The molecule has 0 aliphatic rings. The second-order valence-electron chi connectivity index (χ2n) is 5.94. The number of hydrogen-bond acceptors (Lipinski definition) is 3. The van der Waals surface area contributed by atoms with Crippen molar-refractivity contribution in [1.82, 2.24) is 15.0 Å². The standard InChI is InChI=1S/C20H15ClN4O/c1-12-6-7-13(11-22-12)20(26)23-14-8-9-17-18(10-14)25-19(24-17)15-4-2-3-5-16(15)21/h2-11H,1H3,(H,23,26)(H,24,25). The highest BCUT2D eigenvalue weighted by atomic mass is 35.5. The zero-order valence-electron chi connectivity index (χ0n) is 14.0. The molecule has 0 saturated heterocycles. The van der Waals surface area contributed by atoms with Gasteiger partial charge in [-0.05, 0) is 49.4 Å². The van der Waals surface area contributed by atoms with E-state index in [1.165, 1.54) is 0 Å². The number of rotatable bonds is 3. The van der Waals surface area contributed by atoms with E-state index in [2.05, 4.69) is 20.3 Å². The minimum Gasteiger partial charge on any atom is -0.338 e. The molecule has 0 saturated carbocycles. The first kappa shape index (κ1) is 16.3. The first-order valence-corrected chi connectivity index (χ1v) is 8.46. The third-order valence-corrected chi connectivity index (χ3v) is 4.37. The predicted molar refractivity (Wildman–Crippen MR) is 103 cm³/mol. The fourth-order valence-electron chi connectivity index (χ4n) is 2.67. The number of amides is 1. The van der Waals surface area contributed by atoms with E-state index in [-0.39, 0.29) is 5.91 Å². The molecular weight excluding hydrogens is 348 g/mol. The van der Waals surface area contributed by atoms with Crippen LogP contribution in [0.25, 0.3) is 22.4 Å². The molecule has 2 aromatic carbocycles. The number of aromatic amines is 1. The number of H-pyrrole nitrogens is 1. The molecule has 0 atom stereocenters. The van der Waals surface area contributed by atoms with Gasteiger partial charge in [0.15, 0.2) is 0 Å². The number of imidazole rings is 1. The van der Waals surface area contributed by atoms with Crippen LogP contribution in [-0.2, 0) is 0 Å². The van der Waals surface area contributed by atoms with Crippen molar-refractivity contribution in [3.63, 3.8) is 0 Å². The highest BCUT2D eigenvalue weighted by molar-refractivity contribution is 6.33. The molecule has 6 heteroatoms. The van der Waals surface area contributed by atoms with E-state index in [4.69, 9.17) is 11.6 Å². The van der Waals surface area contributed by atoms with Gasteiger partial charge in [-0.1, -0.05) is 23.7 Å². The molecule has 0 unspecified atom stereocenters. The molecule has 4 aromatic rings. The van der Waals surface area contributed by atoms with Crippen LogP contribution < -0.4 is 5.32 Å². The quantitative estimate of drug-likeness (QED) is 0.548. The topological polar surface area (TPSA) is 70.7 Å². The van der Waals surface area contributed by atoms with Crippen molar-refractivity contribution in [2.24, 2.45) is 0 Å². The molecule has 0 bridgehead atoms. The lowest BCUT2D eigenvalue weighted by molar-refractivity contribution is 0.102. The van der Waals surface area contributed by atoms with Crippen LogP contribution in [0.2, 0.25) is 5.02 Å². The van der Waals surface area contributed by atoms with Gasteiger partial charge >= 0.3 is 0 Å². The SMILES string of the molecule is Cc1ccc(C(=O)Nc2ccc3nc(-c4ccccc4Cl)[nH]c3c2)cn1. The second kappa shape index (κ2) is 6.61. The molecule has 2 N–H and O–H groups in total. The average Bonchev–Trinajstić information content (AvgIpc) is 3.05. The maximum atomic E-state index is 12.3. The number of fused-ring (bicyclic) bond motifs is 1. The molecule has 0 spiro atoms. The molecular formula is C20H15ClN4O. The third-order valence-electron chi connectivity index (χ3n) is 4.04. The molecule has 128 valence electrons. The Kier molecular flexibility index (Phi) is 4.14. The Morgan fingerprint density at radius 3 is 2.73 bits per heavy atom. The number of carbonyl (C=O) groups is 1.